The quantitative estimate of drug-likeness (QED) is 0.611. The van der Waals surface area contributed by atoms with Crippen LogP contribution in [0.5, 0.6) is 0 Å². The molecule has 0 saturated heterocycles. The maximum atomic E-state index is 4.56. The van der Waals surface area contributed by atoms with E-state index in [4.69, 9.17) is 0 Å². The molecule has 21 heavy (non-hydrogen) atoms. The molecule has 6 nitrogen and oxygen atoms in total. The second kappa shape index (κ2) is 4.37. The second-order valence-corrected chi connectivity index (χ2v) is 5.25. The molecule has 4 aromatic heterocycles. The van der Waals surface area contributed by atoms with Gasteiger partial charge in [0, 0.05) is 22.7 Å². The van der Waals surface area contributed by atoms with Gasteiger partial charge in [-0.3, -0.25) is 5.10 Å². The summed E-state index contributed by atoms with van der Waals surface area (Å²) in [5.41, 5.74) is 4.71. The van der Waals surface area contributed by atoms with Crippen LogP contribution in [-0.4, -0.2) is 29.9 Å². The van der Waals surface area contributed by atoms with E-state index in [2.05, 4.69) is 31.3 Å². The number of nitrogens with one attached hydrogen (secondary N) is 1. The molecule has 0 unspecified atom stereocenters. The molecule has 0 amide bonds. The number of aryl methyl sites for hydroxylation is 2. The lowest BCUT2D eigenvalue weighted by atomic mass is 10.2. The standard InChI is InChI=1S/C15H14N6/c1-9-5-12-13(19-20-14(12)16-6-9)8-21-15-11(7-17-21)4-3-10(2)18-15/h3-7H,8H2,1-2H3,(H,16,19,20). The number of hydrogen-bond donors (Lipinski definition) is 1. The monoisotopic (exact) mass is 278 g/mol. The van der Waals surface area contributed by atoms with Crippen molar-refractivity contribution in [3.05, 3.63) is 47.5 Å². The summed E-state index contributed by atoms with van der Waals surface area (Å²) in [7, 11) is 0. The SMILES string of the molecule is Cc1cnc2n[nH]c(Cn3ncc4ccc(C)nc43)c2c1. The van der Waals surface area contributed by atoms with Gasteiger partial charge in [-0.1, -0.05) is 0 Å². The summed E-state index contributed by atoms with van der Waals surface area (Å²) >= 11 is 0. The van der Waals surface area contributed by atoms with Gasteiger partial charge < -0.3 is 0 Å². The predicted molar refractivity (Wildman–Crippen MR) is 80.0 cm³/mol. The van der Waals surface area contributed by atoms with Gasteiger partial charge in [-0.05, 0) is 37.6 Å². The topological polar surface area (TPSA) is 72.3 Å². The summed E-state index contributed by atoms with van der Waals surface area (Å²) in [6.45, 7) is 4.61. The number of rotatable bonds is 2. The van der Waals surface area contributed by atoms with Crippen molar-refractivity contribution in [1.29, 1.82) is 0 Å². The molecule has 1 N–H and O–H groups in total. The van der Waals surface area contributed by atoms with Gasteiger partial charge in [-0.25, -0.2) is 14.6 Å². The lowest BCUT2D eigenvalue weighted by Gasteiger charge is -2.02. The van der Waals surface area contributed by atoms with Crippen LogP contribution in [0, 0.1) is 13.8 Å². The molecule has 0 atom stereocenters. The maximum absolute atomic E-state index is 4.56. The highest BCUT2D eigenvalue weighted by atomic mass is 15.3. The van der Waals surface area contributed by atoms with Gasteiger partial charge in [0.2, 0.25) is 0 Å². The molecule has 0 aromatic carbocycles. The molecule has 0 aliphatic carbocycles. The first-order valence-corrected chi connectivity index (χ1v) is 6.79. The fourth-order valence-corrected chi connectivity index (χ4v) is 2.49. The first kappa shape index (κ1) is 12.0. The Kier molecular flexibility index (Phi) is 2.50. The van der Waals surface area contributed by atoms with E-state index in [1.807, 2.05) is 43.1 Å². The minimum absolute atomic E-state index is 0.599. The Morgan fingerprint density at radius 3 is 3.00 bits per heavy atom. The van der Waals surface area contributed by atoms with Crippen molar-refractivity contribution in [2.24, 2.45) is 0 Å². The molecule has 0 bridgehead atoms. The molecule has 4 aromatic rings. The van der Waals surface area contributed by atoms with E-state index < -0.39 is 0 Å². The molecule has 0 spiro atoms. The number of H-pyrrole nitrogens is 1. The summed E-state index contributed by atoms with van der Waals surface area (Å²) in [5.74, 6) is 0. The largest absolute Gasteiger partial charge is 0.278 e. The van der Waals surface area contributed by atoms with Crippen LogP contribution >= 0.6 is 0 Å². The van der Waals surface area contributed by atoms with Crippen LogP contribution in [0.15, 0.2) is 30.6 Å². The Morgan fingerprint density at radius 1 is 1.19 bits per heavy atom. The van der Waals surface area contributed by atoms with Gasteiger partial charge in [0.05, 0.1) is 18.4 Å². The van der Waals surface area contributed by atoms with E-state index in [1.165, 1.54) is 0 Å². The number of pyridine rings is 2. The van der Waals surface area contributed by atoms with Crippen molar-refractivity contribution < 1.29 is 0 Å². The first-order valence-electron chi connectivity index (χ1n) is 6.79. The van der Waals surface area contributed by atoms with Gasteiger partial charge >= 0.3 is 0 Å². The van der Waals surface area contributed by atoms with E-state index in [1.54, 1.807) is 0 Å². The Morgan fingerprint density at radius 2 is 2.10 bits per heavy atom. The van der Waals surface area contributed by atoms with Crippen molar-refractivity contribution >= 4 is 22.1 Å². The van der Waals surface area contributed by atoms with E-state index in [-0.39, 0.29) is 0 Å². The molecule has 0 aliphatic heterocycles. The van der Waals surface area contributed by atoms with Crippen LogP contribution < -0.4 is 0 Å². The second-order valence-electron chi connectivity index (χ2n) is 5.25. The molecular weight excluding hydrogens is 264 g/mol. The van der Waals surface area contributed by atoms with Gasteiger partial charge in [0.25, 0.3) is 0 Å². The van der Waals surface area contributed by atoms with Gasteiger partial charge in [-0.15, -0.1) is 0 Å². The molecule has 104 valence electrons. The summed E-state index contributed by atoms with van der Waals surface area (Å²) < 4.78 is 1.89. The van der Waals surface area contributed by atoms with Crippen LogP contribution in [0.4, 0.5) is 0 Å². The van der Waals surface area contributed by atoms with Crippen molar-refractivity contribution in [3.8, 4) is 0 Å². The lowest BCUT2D eigenvalue weighted by molar-refractivity contribution is 0.689. The summed E-state index contributed by atoms with van der Waals surface area (Å²) in [6, 6.07) is 6.12. The first-order chi connectivity index (χ1) is 10.2. The molecule has 0 radical (unpaired) electrons. The van der Waals surface area contributed by atoms with Crippen LogP contribution in [0.2, 0.25) is 0 Å². The number of fused-ring (bicyclic) bond motifs is 2. The number of hydrogen-bond acceptors (Lipinski definition) is 4. The number of aromatic nitrogens is 6. The number of nitrogens with zero attached hydrogens (tertiary/aromatic N) is 5. The summed E-state index contributed by atoms with van der Waals surface area (Å²) in [5, 5.41) is 13.8. The van der Waals surface area contributed by atoms with Crippen LogP contribution in [0.1, 0.15) is 17.0 Å². The van der Waals surface area contributed by atoms with E-state index in [0.29, 0.717) is 6.54 Å². The van der Waals surface area contributed by atoms with Gasteiger partial charge in [0.1, 0.15) is 0 Å². The third-order valence-corrected chi connectivity index (χ3v) is 3.56. The Balaban J connectivity index is 1.82. The molecule has 4 heterocycles. The highest BCUT2D eigenvalue weighted by molar-refractivity contribution is 5.79. The summed E-state index contributed by atoms with van der Waals surface area (Å²) in [6.07, 6.45) is 3.66. The highest BCUT2D eigenvalue weighted by Gasteiger charge is 2.10. The minimum Gasteiger partial charge on any atom is -0.278 e. The molecule has 6 heteroatoms. The zero-order valence-electron chi connectivity index (χ0n) is 11.8. The average molecular weight is 278 g/mol. The van der Waals surface area contributed by atoms with E-state index >= 15 is 0 Å². The van der Waals surface area contributed by atoms with E-state index in [9.17, 15) is 0 Å². The maximum Gasteiger partial charge on any atom is 0.181 e. The molecule has 4 rings (SSSR count). The van der Waals surface area contributed by atoms with Crippen LogP contribution in [0.25, 0.3) is 22.1 Å². The molecular formula is C15H14N6. The normalized spacial score (nSPS) is 11.5. The van der Waals surface area contributed by atoms with Crippen molar-refractivity contribution in [2.45, 2.75) is 20.4 Å². The van der Waals surface area contributed by atoms with Crippen LogP contribution in [0.3, 0.4) is 0 Å². The average Bonchev–Trinajstić information content (AvgIpc) is 3.04. The molecule has 0 fully saturated rings. The summed E-state index contributed by atoms with van der Waals surface area (Å²) in [4.78, 5) is 8.88. The fraction of sp³-hybridized carbons (Fsp3) is 0.200. The zero-order chi connectivity index (χ0) is 14.4. The molecule has 0 saturated carbocycles. The van der Waals surface area contributed by atoms with E-state index in [0.717, 1.165) is 39.0 Å². The third kappa shape index (κ3) is 1.96. The highest BCUT2D eigenvalue weighted by Crippen LogP contribution is 2.18. The van der Waals surface area contributed by atoms with Crippen molar-refractivity contribution in [1.82, 2.24) is 29.9 Å². The van der Waals surface area contributed by atoms with Crippen LogP contribution in [-0.2, 0) is 6.54 Å². The zero-order valence-corrected chi connectivity index (χ0v) is 11.8. The lowest BCUT2D eigenvalue weighted by Crippen LogP contribution is -2.03. The fourth-order valence-electron chi connectivity index (χ4n) is 2.49. The van der Waals surface area contributed by atoms with Crippen molar-refractivity contribution in [2.75, 3.05) is 0 Å². The Labute approximate surface area is 120 Å². The Bertz CT molecular complexity index is 871. The predicted octanol–water partition coefficient (Wildman–Crippen LogP) is 2.37. The minimum atomic E-state index is 0.599. The Hall–Kier alpha value is -2.76. The van der Waals surface area contributed by atoms with Gasteiger partial charge in [0.15, 0.2) is 11.3 Å². The number of aromatic amines is 1. The van der Waals surface area contributed by atoms with Crippen molar-refractivity contribution in [3.63, 3.8) is 0 Å². The third-order valence-electron chi connectivity index (χ3n) is 3.56. The van der Waals surface area contributed by atoms with Gasteiger partial charge in [-0.2, -0.15) is 10.2 Å². The smallest absolute Gasteiger partial charge is 0.181 e. The molecule has 0 aliphatic rings.